The Labute approximate surface area is 108 Å². The summed E-state index contributed by atoms with van der Waals surface area (Å²) in [5, 5.41) is 8.06. The van der Waals surface area contributed by atoms with Crippen LogP contribution < -0.4 is 5.32 Å². The van der Waals surface area contributed by atoms with Crippen LogP contribution in [-0.2, 0) is 18.9 Å². The fourth-order valence-electron chi connectivity index (χ4n) is 1.88. The maximum atomic E-state index is 4.68. The zero-order valence-corrected chi connectivity index (χ0v) is 12.0. The molecule has 2 heterocycles. The normalized spacial score (nSPS) is 21.8. The van der Waals surface area contributed by atoms with Crippen molar-refractivity contribution in [3.8, 4) is 0 Å². The van der Waals surface area contributed by atoms with Crippen molar-refractivity contribution in [2.75, 3.05) is 18.1 Å². The number of nitrogens with one attached hydrogen (secondary N) is 1. The van der Waals surface area contributed by atoms with Crippen LogP contribution in [0.1, 0.15) is 32.4 Å². The number of hydrogen-bond acceptors (Lipinski definition) is 4. The highest BCUT2D eigenvalue weighted by Gasteiger charge is 2.22. The third-order valence-electron chi connectivity index (χ3n) is 2.95. The molecule has 1 saturated heterocycles. The quantitative estimate of drug-likeness (QED) is 0.865. The van der Waals surface area contributed by atoms with Gasteiger partial charge in [0.1, 0.15) is 5.82 Å². The summed E-state index contributed by atoms with van der Waals surface area (Å²) in [6.07, 6.45) is 0.979. The van der Waals surface area contributed by atoms with Crippen molar-refractivity contribution in [1.29, 1.82) is 0 Å². The summed E-state index contributed by atoms with van der Waals surface area (Å²) in [6.45, 7) is 7.57. The molecule has 0 bridgehead atoms. The highest BCUT2D eigenvalue weighted by Crippen LogP contribution is 2.19. The van der Waals surface area contributed by atoms with E-state index in [9.17, 15) is 0 Å². The van der Waals surface area contributed by atoms with E-state index in [1.165, 1.54) is 11.5 Å². The number of aromatic nitrogens is 3. The predicted octanol–water partition coefficient (Wildman–Crippen LogP) is 1.36. The Balaban J connectivity index is 2.07. The van der Waals surface area contributed by atoms with Gasteiger partial charge in [-0.3, -0.25) is 4.68 Å². The van der Waals surface area contributed by atoms with Crippen molar-refractivity contribution in [3.05, 3.63) is 11.6 Å². The average molecular weight is 254 g/mol. The van der Waals surface area contributed by atoms with Gasteiger partial charge in [-0.15, -0.1) is 0 Å². The van der Waals surface area contributed by atoms with Gasteiger partial charge in [-0.25, -0.2) is 4.98 Å². The van der Waals surface area contributed by atoms with Crippen LogP contribution in [0.2, 0.25) is 0 Å². The first-order valence-electron chi connectivity index (χ1n) is 6.18. The van der Waals surface area contributed by atoms with Crippen molar-refractivity contribution < 1.29 is 0 Å². The topological polar surface area (TPSA) is 42.7 Å². The highest BCUT2D eigenvalue weighted by atomic mass is 32.2. The van der Waals surface area contributed by atoms with E-state index in [-0.39, 0.29) is 5.41 Å². The first-order chi connectivity index (χ1) is 7.97. The molecule has 0 spiro atoms. The summed E-state index contributed by atoms with van der Waals surface area (Å²) in [7, 11) is 1.99. The molecule has 0 aliphatic carbocycles. The first-order valence-corrected chi connectivity index (χ1v) is 7.34. The van der Waals surface area contributed by atoms with Crippen LogP contribution >= 0.6 is 11.8 Å². The van der Waals surface area contributed by atoms with E-state index in [1.54, 1.807) is 0 Å². The summed E-state index contributed by atoms with van der Waals surface area (Å²) >= 11 is 2.02. The van der Waals surface area contributed by atoms with Gasteiger partial charge in [0.2, 0.25) is 0 Å². The molecule has 0 aromatic carbocycles. The molecule has 5 heteroatoms. The molecule has 0 radical (unpaired) electrons. The Morgan fingerprint density at radius 3 is 2.76 bits per heavy atom. The Bertz CT molecular complexity index is 374. The Kier molecular flexibility index (Phi) is 3.78. The molecule has 1 aliphatic rings. The first kappa shape index (κ1) is 12.9. The average Bonchev–Trinajstić information content (AvgIpc) is 2.62. The zero-order valence-electron chi connectivity index (χ0n) is 11.2. The number of rotatable bonds is 2. The number of thioether (sulfide) groups is 1. The van der Waals surface area contributed by atoms with Gasteiger partial charge in [-0.1, -0.05) is 20.8 Å². The SMILES string of the molecule is Cn1nc(C(C)(C)C)nc1CC1CSCCN1. The Morgan fingerprint density at radius 2 is 2.24 bits per heavy atom. The predicted molar refractivity (Wildman–Crippen MR) is 72.5 cm³/mol. The van der Waals surface area contributed by atoms with Gasteiger partial charge in [0.15, 0.2) is 5.82 Å². The molecule has 1 N–H and O–H groups in total. The molecule has 1 atom stereocenters. The molecular weight excluding hydrogens is 232 g/mol. The largest absolute Gasteiger partial charge is 0.312 e. The molecule has 17 heavy (non-hydrogen) atoms. The lowest BCUT2D eigenvalue weighted by molar-refractivity contribution is 0.533. The summed E-state index contributed by atoms with van der Waals surface area (Å²) < 4.78 is 1.93. The molecular formula is C12H22N4S. The third kappa shape index (κ3) is 3.22. The van der Waals surface area contributed by atoms with Gasteiger partial charge in [0, 0.05) is 43.0 Å². The van der Waals surface area contributed by atoms with E-state index in [2.05, 4.69) is 36.2 Å². The van der Waals surface area contributed by atoms with Gasteiger partial charge >= 0.3 is 0 Å². The minimum Gasteiger partial charge on any atom is -0.312 e. The number of hydrogen-bond donors (Lipinski definition) is 1. The summed E-state index contributed by atoms with van der Waals surface area (Å²) in [5.41, 5.74) is 0.0325. The zero-order chi connectivity index (χ0) is 12.5. The van der Waals surface area contributed by atoms with Crippen LogP contribution in [0.4, 0.5) is 0 Å². The van der Waals surface area contributed by atoms with Crippen molar-refractivity contribution >= 4 is 11.8 Å². The molecule has 1 aromatic heterocycles. The van der Waals surface area contributed by atoms with E-state index in [0.29, 0.717) is 6.04 Å². The molecule has 1 unspecified atom stereocenters. The molecule has 4 nitrogen and oxygen atoms in total. The molecule has 0 saturated carbocycles. The van der Waals surface area contributed by atoms with Gasteiger partial charge in [0.05, 0.1) is 0 Å². The fraction of sp³-hybridized carbons (Fsp3) is 0.833. The fourth-order valence-corrected chi connectivity index (χ4v) is 2.83. The van der Waals surface area contributed by atoms with Gasteiger partial charge in [-0.05, 0) is 0 Å². The van der Waals surface area contributed by atoms with Gasteiger partial charge in [0.25, 0.3) is 0 Å². The second-order valence-corrected chi connectivity index (χ2v) is 6.81. The number of nitrogens with zero attached hydrogens (tertiary/aromatic N) is 3. The second-order valence-electron chi connectivity index (χ2n) is 5.66. The van der Waals surface area contributed by atoms with E-state index in [0.717, 1.165) is 24.6 Å². The molecule has 2 rings (SSSR count). The summed E-state index contributed by atoms with van der Waals surface area (Å²) in [6, 6.07) is 0.546. The molecule has 1 fully saturated rings. The standard InChI is InChI=1S/C12H22N4S/c1-12(2,3)11-14-10(16(4)15-11)7-9-8-17-6-5-13-9/h9,13H,5-8H2,1-4H3. The third-order valence-corrected chi connectivity index (χ3v) is 4.08. The van der Waals surface area contributed by atoms with E-state index >= 15 is 0 Å². The lowest BCUT2D eigenvalue weighted by Gasteiger charge is -2.22. The van der Waals surface area contributed by atoms with Crippen LogP contribution in [0.15, 0.2) is 0 Å². The minimum atomic E-state index is 0.0325. The maximum Gasteiger partial charge on any atom is 0.156 e. The van der Waals surface area contributed by atoms with Crippen LogP contribution in [0.5, 0.6) is 0 Å². The monoisotopic (exact) mass is 254 g/mol. The van der Waals surface area contributed by atoms with Crippen molar-refractivity contribution in [2.45, 2.75) is 38.6 Å². The molecule has 1 aliphatic heterocycles. The lowest BCUT2D eigenvalue weighted by Crippen LogP contribution is -2.39. The van der Waals surface area contributed by atoms with E-state index < -0.39 is 0 Å². The van der Waals surface area contributed by atoms with Crippen molar-refractivity contribution in [3.63, 3.8) is 0 Å². The Hall–Kier alpha value is -0.550. The molecule has 1 aromatic rings. The van der Waals surface area contributed by atoms with Crippen LogP contribution in [-0.4, -0.2) is 38.9 Å². The van der Waals surface area contributed by atoms with Crippen molar-refractivity contribution in [1.82, 2.24) is 20.1 Å². The van der Waals surface area contributed by atoms with Gasteiger partial charge in [-0.2, -0.15) is 16.9 Å². The smallest absolute Gasteiger partial charge is 0.156 e. The molecule has 96 valence electrons. The summed E-state index contributed by atoms with van der Waals surface area (Å²) in [4.78, 5) is 4.68. The van der Waals surface area contributed by atoms with E-state index in [1.807, 2.05) is 23.5 Å². The lowest BCUT2D eigenvalue weighted by atomic mass is 9.96. The summed E-state index contributed by atoms with van der Waals surface area (Å²) in [5.74, 6) is 4.44. The second kappa shape index (κ2) is 4.98. The number of aryl methyl sites for hydroxylation is 1. The van der Waals surface area contributed by atoms with E-state index in [4.69, 9.17) is 0 Å². The van der Waals surface area contributed by atoms with Gasteiger partial charge < -0.3 is 5.32 Å². The van der Waals surface area contributed by atoms with Crippen LogP contribution in [0, 0.1) is 0 Å². The van der Waals surface area contributed by atoms with Crippen molar-refractivity contribution in [2.24, 2.45) is 7.05 Å². The minimum absolute atomic E-state index is 0.0325. The highest BCUT2D eigenvalue weighted by molar-refractivity contribution is 7.99. The Morgan fingerprint density at radius 1 is 1.47 bits per heavy atom. The molecule has 0 amide bonds. The van der Waals surface area contributed by atoms with Crippen LogP contribution in [0.3, 0.4) is 0 Å². The maximum absolute atomic E-state index is 4.68. The van der Waals surface area contributed by atoms with Crippen LogP contribution in [0.25, 0.3) is 0 Å².